The average molecular weight is 190 g/mol. The van der Waals surface area contributed by atoms with Crippen LogP contribution in [0.4, 0.5) is 0 Å². The van der Waals surface area contributed by atoms with Crippen molar-refractivity contribution in [3.8, 4) is 0 Å². The summed E-state index contributed by atoms with van der Waals surface area (Å²) in [5, 5.41) is 3.76. The van der Waals surface area contributed by atoms with Crippen LogP contribution in [-0.4, -0.2) is 18.2 Å². The first-order valence-corrected chi connectivity index (χ1v) is 3.78. The zero-order chi connectivity index (χ0) is 8.97. The van der Waals surface area contributed by atoms with E-state index in [1.54, 1.807) is 6.07 Å². The number of rotatable bonds is 3. The molecule has 0 atom stereocenters. The summed E-state index contributed by atoms with van der Waals surface area (Å²) < 4.78 is 9.21. The van der Waals surface area contributed by atoms with E-state index in [1.807, 2.05) is 0 Å². The van der Waals surface area contributed by atoms with Crippen molar-refractivity contribution in [1.82, 2.24) is 5.16 Å². The topological polar surface area (TPSA) is 52.3 Å². The van der Waals surface area contributed by atoms with Crippen molar-refractivity contribution in [3.63, 3.8) is 0 Å². The van der Waals surface area contributed by atoms with Crippen molar-refractivity contribution < 1.29 is 14.1 Å². The average Bonchev–Trinajstić information content (AvgIpc) is 2.47. The van der Waals surface area contributed by atoms with Gasteiger partial charge in [-0.2, -0.15) is 0 Å². The van der Waals surface area contributed by atoms with Crippen molar-refractivity contribution in [2.24, 2.45) is 0 Å². The van der Waals surface area contributed by atoms with Gasteiger partial charge in [0, 0.05) is 12.5 Å². The summed E-state index contributed by atoms with van der Waals surface area (Å²) in [6, 6.07) is 1.57. The first kappa shape index (κ1) is 9.06. The van der Waals surface area contributed by atoms with Gasteiger partial charge in [0.15, 0.2) is 5.15 Å². The molecule has 0 aromatic carbocycles. The monoisotopic (exact) mass is 189 g/mol. The number of methoxy groups -OCH3 is 1. The normalized spacial score (nSPS) is 9.83. The lowest BCUT2D eigenvalue weighted by Crippen LogP contribution is -2.01. The molecular formula is C7H8ClNO3. The Morgan fingerprint density at radius 1 is 1.83 bits per heavy atom. The van der Waals surface area contributed by atoms with Gasteiger partial charge in [-0.05, 0) is 0 Å². The van der Waals surface area contributed by atoms with Gasteiger partial charge in [-0.25, -0.2) is 0 Å². The Kier molecular flexibility index (Phi) is 3.10. The van der Waals surface area contributed by atoms with Gasteiger partial charge >= 0.3 is 5.97 Å². The smallest absolute Gasteiger partial charge is 0.305 e. The molecular weight excluding hydrogens is 182 g/mol. The maximum Gasteiger partial charge on any atom is 0.305 e. The van der Waals surface area contributed by atoms with E-state index in [2.05, 4.69) is 9.89 Å². The Balaban J connectivity index is 2.38. The number of hydrogen-bond donors (Lipinski definition) is 0. The van der Waals surface area contributed by atoms with E-state index >= 15 is 0 Å². The summed E-state index contributed by atoms with van der Waals surface area (Å²) >= 11 is 5.49. The molecule has 4 nitrogen and oxygen atoms in total. The second-order valence-electron chi connectivity index (χ2n) is 2.19. The molecule has 0 aliphatic carbocycles. The van der Waals surface area contributed by atoms with Crippen molar-refractivity contribution >= 4 is 17.6 Å². The Bertz CT molecular complexity index is 271. The highest BCUT2D eigenvalue weighted by molar-refractivity contribution is 6.29. The molecule has 1 rings (SSSR count). The molecule has 12 heavy (non-hydrogen) atoms. The second kappa shape index (κ2) is 4.11. The van der Waals surface area contributed by atoms with Crippen LogP contribution in [-0.2, 0) is 16.0 Å². The van der Waals surface area contributed by atoms with E-state index in [4.69, 9.17) is 16.1 Å². The fourth-order valence-corrected chi connectivity index (χ4v) is 0.889. The zero-order valence-corrected chi connectivity index (χ0v) is 7.30. The van der Waals surface area contributed by atoms with Gasteiger partial charge in [0.25, 0.3) is 0 Å². The molecule has 0 fully saturated rings. The molecule has 0 aliphatic rings. The highest BCUT2D eigenvalue weighted by Crippen LogP contribution is 2.10. The number of aryl methyl sites for hydroxylation is 1. The molecule has 0 unspecified atom stereocenters. The van der Waals surface area contributed by atoms with Crippen LogP contribution in [0.15, 0.2) is 10.6 Å². The number of esters is 1. The number of carbonyl (C=O) groups excluding carboxylic acids is 1. The fourth-order valence-electron chi connectivity index (χ4n) is 0.733. The highest BCUT2D eigenvalue weighted by atomic mass is 35.5. The van der Waals surface area contributed by atoms with Crippen LogP contribution in [0.25, 0.3) is 0 Å². The molecule has 0 bridgehead atoms. The van der Waals surface area contributed by atoms with E-state index in [1.165, 1.54) is 7.11 Å². The minimum atomic E-state index is -0.275. The van der Waals surface area contributed by atoms with Gasteiger partial charge in [0.1, 0.15) is 5.76 Å². The van der Waals surface area contributed by atoms with Crippen LogP contribution >= 0.6 is 11.6 Å². The van der Waals surface area contributed by atoms with E-state index in [0.29, 0.717) is 17.3 Å². The minimum Gasteiger partial charge on any atom is -0.469 e. The molecule has 1 heterocycles. The predicted molar refractivity (Wildman–Crippen MR) is 41.9 cm³/mol. The minimum absolute atomic E-state index is 0.275. The maximum atomic E-state index is 10.7. The number of ether oxygens (including phenoxy) is 1. The van der Waals surface area contributed by atoms with Crippen molar-refractivity contribution in [3.05, 3.63) is 17.0 Å². The Morgan fingerprint density at radius 2 is 2.58 bits per heavy atom. The fraction of sp³-hybridized carbons (Fsp3) is 0.429. The number of carbonyl (C=O) groups is 1. The second-order valence-corrected chi connectivity index (χ2v) is 2.58. The number of aromatic nitrogens is 1. The summed E-state index contributed by atoms with van der Waals surface area (Å²) in [5.74, 6) is 0.313. The standard InChI is InChI=1S/C7H8ClNO3/c1-11-7(10)3-2-5-4-6(8)9-12-5/h4H,2-3H2,1H3. The lowest BCUT2D eigenvalue weighted by molar-refractivity contribution is -0.140. The van der Waals surface area contributed by atoms with Crippen LogP contribution < -0.4 is 0 Å². The van der Waals surface area contributed by atoms with Gasteiger partial charge in [-0.1, -0.05) is 16.8 Å². The summed E-state index contributed by atoms with van der Waals surface area (Å²) in [7, 11) is 1.34. The van der Waals surface area contributed by atoms with E-state index in [9.17, 15) is 4.79 Å². The molecule has 0 saturated heterocycles. The van der Waals surface area contributed by atoms with Gasteiger partial charge in [0.2, 0.25) is 0 Å². The molecule has 0 amide bonds. The summed E-state index contributed by atoms with van der Waals surface area (Å²) in [6.45, 7) is 0. The number of nitrogens with zero attached hydrogens (tertiary/aromatic N) is 1. The molecule has 0 radical (unpaired) electrons. The Labute approximate surface area is 74.4 Å². The van der Waals surface area contributed by atoms with E-state index in [-0.39, 0.29) is 12.4 Å². The lowest BCUT2D eigenvalue weighted by Gasteiger charge is -1.94. The lowest BCUT2D eigenvalue weighted by atomic mass is 10.2. The largest absolute Gasteiger partial charge is 0.469 e. The van der Waals surface area contributed by atoms with Crippen LogP contribution in [0, 0.1) is 0 Å². The molecule has 0 N–H and O–H groups in total. The summed E-state index contributed by atoms with van der Waals surface area (Å²) in [4.78, 5) is 10.7. The third-order valence-corrected chi connectivity index (χ3v) is 1.51. The first-order chi connectivity index (χ1) is 5.72. The number of hydrogen-bond acceptors (Lipinski definition) is 4. The molecule has 5 heteroatoms. The molecule has 66 valence electrons. The van der Waals surface area contributed by atoms with Crippen LogP contribution in [0.3, 0.4) is 0 Å². The molecule has 0 spiro atoms. The maximum absolute atomic E-state index is 10.7. The highest BCUT2D eigenvalue weighted by Gasteiger charge is 2.05. The Hall–Kier alpha value is -1.03. The van der Waals surface area contributed by atoms with Crippen molar-refractivity contribution in [2.75, 3.05) is 7.11 Å². The third-order valence-electron chi connectivity index (χ3n) is 1.33. The molecule has 1 aromatic rings. The van der Waals surface area contributed by atoms with Gasteiger partial charge < -0.3 is 9.26 Å². The van der Waals surface area contributed by atoms with Crippen molar-refractivity contribution in [1.29, 1.82) is 0 Å². The van der Waals surface area contributed by atoms with Gasteiger partial charge in [-0.3, -0.25) is 4.79 Å². The van der Waals surface area contributed by atoms with E-state index in [0.717, 1.165) is 0 Å². The summed E-state index contributed by atoms with van der Waals surface area (Å²) in [6.07, 6.45) is 0.744. The molecule has 0 aliphatic heterocycles. The SMILES string of the molecule is COC(=O)CCc1cc(Cl)no1. The first-order valence-electron chi connectivity index (χ1n) is 3.40. The number of halogens is 1. The van der Waals surface area contributed by atoms with Crippen LogP contribution in [0.5, 0.6) is 0 Å². The molecule has 0 saturated carbocycles. The summed E-state index contributed by atoms with van der Waals surface area (Å²) in [5.41, 5.74) is 0. The van der Waals surface area contributed by atoms with Crippen LogP contribution in [0.2, 0.25) is 5.15 Å². The van der Waals surface area contributed by atoms with Crippen LogP contribution in [0.1, 0.15) is 12.2 Å². The quantitative estimate of drug-likeness (QED) is 0.675. The van der Waals surface area contributed by atoms with Crippen molar-refractivity contribution in [2.45, 2.75) is 12.8 Å². The third kappa shape index (κ3) is 2.54. The predicted octanol–water partition coefficient (Wildman–Crippen LogP) is 1.43. The molecule has 1 aromatic heterocycles. The zero-order valence-electron chi connectivity index (χ0n) is 6.54. The van der Waals surface area contributed by atoms with Gasteiger partial charge in [-0.15, -0.1) is 0 Å². The van der Waals surface area contributed by atoms with E-state index < -0.39 is 0 Å². The van der Waals surface area contributed by atoms with Gasteiger partial charge in [0.05, 0.1) is 13.5 Å². The Morgan fingerprint density at radius 3 is 3.08 bits per heavy atom.